The molecule has 2 fully saturated rings. The van der Waals surface area contributed by atoms with Gasteiger partial charge in [0.25, 0.3) is 0 Å². The highest BCUT2D eigenvalue weighted by Crippen LogP contribution is 2.24. The zero-order valence-corrected chi connectivity index (χ0v) is 17.9. The summed E-state index contributed by atoms with van der Waals surface area (Å²) in [7, 11) is 1.84. The monoisotopic (exact) mass is 392 g/mol. The predicted molar refractivity (Wildman–Crippen MR) is 116 cm³/mol. The average Bonchev–Trinajstić information content (AvgIpc) is 3.36. The maximum absolute atomic E-state index is 4.79. The summed E-state index contributed by atoms with van der Waals surface area (Å²) in [6, 6.07) is 0.750. The molecule has 152 valence electrons. The highest BCUT2D eigenvalue weighted by Gasteiger charge is 2.17. The molecule has 0 saturated carbocycles. The molecule has 0 bridgehead atoms. The summed E-state index contributed by atoms with van der Waals surface area (Å²) in [5.41, 5.74) is 1.18. The van der Waals surface area contributed by atoms with E-state index >= 15 is 0 Å². The number of thiazole rings is 1. The molecule has 2 aliphatic heterocycles. The molecule has 0 aromatic carbocycles. The van der Waals surface area contributed by atoms with Crippen molar-refractivity contribution in [2.24, 2.45) is 4.99 Å². The molecule has 7 heteroatoms. The Kier molecular flexibility index (Phi) is 8.20. The van der Waals surface area contributed by atoms with Crippen LogP contribution in [0.25, 0.3) is 0 Å². The lowest BCUT2D eigenvalue weighted by atomic mass is 10.0. The topological polar surface area (TPSA) is 55.8 Å². The van der Waals surface area contributed by atoms with Gasteiger partial charge >= 0.3 is 0 Å². The fourth-order valence-electron chi connectivity index (χ4n) is 3.97. The quantitative estimate of drug-likeness (QED) is 0.405. The van der Waals surface area contributed by atoms with E-state index < -0.39 is 0 Å². The Morgan fingerprint density at radius 1 is 1.19 bits per heavy atom. The Morgan fingerprint density at radius 3 is 2.74 bits per heavy atom. The Balaban J connectivity index is 1.30. The smallest absolute Gasteiger partial charge is 0.190 e. The number of rotatable bonds is 8. The molecular formula is C20H36N6S. The maximum Gasteiger partial charge on any atom is 0.190 e. The SMILES string of the molecule is CN=C(NCCCN1CCCCC1C)NCCc1csc(N2CCCC2)n1. The van der Waals surface area contributed by atoms with Crippen LogP contribution in [0.2, 0.25) is 0 Å². The second-order valence-electron chi connectivity index (χ2n) is 7.73. The largest absolute Gasteiger partial charge is 0.356 e. The summed E-state index contributed by atoms with van der Waals surface area (Å²) in [5.74, 6) is 0.900. The Labute approximate surface area is 168 Å². The Morgan fingerprint density at radius 2 is 1.96 bits per heavy atom. The lowest BCUT2D eigenvalue weighted by Crippen LogP contribution is -2.41. The number of piperidine rings is 1. The molecule has 0 radical (unpaired) electrons. The van der Waals surface area contributed by atoms with Gasteiger partial charge in [0, 0.05) is 57.6 Å². The second kappa shape index (κ2) is 10.9. The summed E-state index contributed by atoms with van der Waals surface area (Å²) in [5, 5.41) is 10.3. The number of hydrogen-bond acceptors (Lipinski definition) is 5. The van der Waals surface area contributed by atoms with Crippen LogP contribution in [0.5, 0.6) is 0 Å². The van der Waals surface area contributed by atoms with Crippen molar-refractivity contribution in [3.05, 3.63) is 11.1 Å². The van der Waals surface area contributed by atoms with Crippen molar-refractivity contribution < 1.29 is 0 Å². The summed E-state index contributed by atoms with van der Waals surface area (Å²) < 4.78 is 0. The van der Waals surface area contributed by atoms with Gasteiger partial charge in [-0.15, -0.1) is 11.3 Å². The lowest BCUT2D eigenvalue weighted by molar-refractivity contribution is 0.159. The van der Waals surface area contributed by atoms with E-state index in [1.165, 1.54) is 56.0 Å². The van der Waals surface area contributed by atoms with Gasteiger partial charge in [-0.2, -0.15) is 0 Å². The fourth-order valence-corrected chi connectivity index (χ4v) is 4.89. The van der Waals surface area contributed by atoms with Crippen LogP contribution in [0.1, 0.15) is 51.1 Å². The van der Waals surface area contributed by atoms with Crippen molar-refractivity contribution in [1.29, 1.82) is 0 Å². The number of aliphatic imine (C=N–C) groups is 1. The first-order valence-electron chi connectivity index (χ1n) is 10.6. The van der Waals surface area contributed by atoms with Crippen molar-refractivity contribution in [2.75, 3.05) is 51.2 Å². The Hall–Kier alpha value is -1.34. The van der Waals surface area contributed by atoms with E-state index in [-0.39, 0.29) is 0 Å². The van der Waals surface area contributed by atoms with Gasteiger partial charge in [-0.3, -0.25) is 4.99 Å². The summed E-state index contributed by atoms with van der Waals surface area (Å²) >= 11 is 1.78. The van der Waals surface area contributed by atoms with Crippen molar-refractivity contribution in [2.45, 2.75) is 57.9 Å². The van der Waals surface area contributed by atoms with E-state index in [2.05, 4.69) is 37.7 Å². The number of nitrogens with zero attached hydrogens (tertiary/aromatic N) is 4. The molecule has 6 nitrogen and oxygen atoms in total. The van der Waals surface area contributed by atoms with Gasteiger partial charge in [-0.25, -0.2) is 4.98 Å². The van der Waals surface area contributed by atoms with Crippen molar-refractivity contribution >= 4 is 22.4 Å². The van der Waals surface area contributed by atoms with Crippen molar-refractivity contribution in [1.82, 2.24) is 20.5 Å². The predicted octanol–water partition coefficient (Wildman–Crippen LogP) is 2.72. The van der Waals surface area contributed by atoms with E-state index in [1.807, 2.05) is 7.05 Å². The number of anilines is 1. The number of hydrogen-bond donors (Lipinski definition) is 2. The zero-order valence-electron chi connectivity index (χ0n) is 17.0. The highest BCUT2D eigenvalue weighted by molar-refractivity contribution is 7.13. The first-order chi connectivity index (χ1) is 13.3. The summed E-state index contributed by atoms with van der Waals surface area (Å²) in [6.07, 6.45) is 8.81. The van der Waals surface area contributed by atoms with Crippen LogP contribution in [-0.4, -0.2) is 68.2 Å². The highest BCUT2D eigenvalue weighted by atomic mass is 32.1. The van der Waals surface area contributed by atoms with Crippen LogP contribution in [0, 0.1) is 0 Å². The average molecular weight is 393 g/mol. The molecule has 2 N–H and O–H groups in total. The third kappa shape index (κ3) is 6.35. The lowest BCUT2D eigenvalue weighted by Gasteiger charge is -2.33. The van der Waals surface area contributed by atoms with Gasteiger partial charge in [0.2, 0.25) is 0 Å². The molecule has 1 aromatic heterocycles. The molecule has 3 rings (SSSR count). The number of aromatic nitrogens is 1. The summed E-state index contributed by atoms with van der Waals surface area (Å²) in [6.45, 7) is 8.98. The van der Waals surface area contributed by atoms with Crippen LogP contribution >= 0.6 is 11.3 Å². The van der Waals surface area contributed by atoms with Crippen LogP contribution in [0.15, 0.2) is 10.4 Å². The molecule has 0 aliphatic carbocycles. The minimum atomic E-state index is 0.750. The molecular weight excluding hydrogens is 356 g/mol. The standard InChI is InChI=1S/C20H36N6S/c1-17-8-3-4-12-25(17)15-7-10-22-19(21-2)23-11-9-18-16-27-20(24-18)26-13-5-6-14-26/h16-17H,3-15H2,1-2H3,(H2,21,22,23). The molecule has 1 aromatic rings. The molecule has 2 saturated heterocycles. The third-order valence-electron chi connectivity index (χ3n) is 5.67. The van der Waals surface area contributed by atoms with Gasteiger partial charge < -0.3 is 20.4 Å². The first kappa shape index (κ1) is 20.4. The molecule has 2 aliphatic rings. The molecule has 1 atom stereocenters. The van der Waals surface area contributed by atoms with Crippen molar-refractivity contribution in [3.8, 4) is 0 Å². The van der Waals surface area contributed by atoms with Gasteiger partial charge in [-0.05, 0) is 45.6 Å². The summed E-state index contributed by atoms with van der Waals surface area (Å²) in [4.78, 5) is 14.2. The molecule has 0 amide bonds. The zero-order chi connectivity index (χ0) is 18.9. The number of guanidine groups is 1. The van der Waals surface area contributed by atoms with Crippen LogP contribution in [0.4, 0.5) is 5.13 Å². The van der Waals surface area contributed by atoms with E-state index in [0.29, 0.717) is 0 Å². The van der Waals surface area contributed by atoms with Gasteiger partial charge in [0.05, 0.1) is 5.69 Å². The molecule has 0 spiro atoms. The van der Waals surface area contributed by atoms with E-state index in [1.54, 1.807) is 11.3 Å². The molecule has 27 heavy (non-hydrogen) atoms. The molecule has 3 heterocycles. The van der Waals surface area contributed by atoms with Crippen LogP contribution in [-0.2, 0) is 6.42 Å². The fraction of sp³-hybridized carbons (Fsp3) is 0.800. The van der Waals surface area contributed by atoms with Gasteiger partial charge in [0.15, 0.2) is 11.1 Å². The first-order valence-corrected chi connectivity index (χ1v) is 11.5. The maximum atomic E-state index is 4.79. The van der Waals surface area contributed by atoms with E-state index in [9.17, 15) is 0 Å². The van der Waals surface area contributed by atoms with Crippen LogP contribution < -0.4 is 15.5 Å². The van der Waals surface area contributed by atoms with Crippen molar-refractivity contribution in [3.63, 3.8) is 0 Å². The molecule has 1 unspecified atom stereocenters. The number of likely N-dealkylation sites (tertiary alicyclic amines) is 1. The van der Waals surface area contributed by atoms with E-state index in [0.717, 1.165) is 51.0 Å². The number of nitrogens with one attached hydrogen (secondary N) is 2. The van der Waals surface area contributed by atoms with E-state index in [4.69, 9.17) is 4.98 Å². The normalized spacial score (nSPS) is 21.6. The third-order valence-corrected chi connectivity index (χ3v) is 6.62. The van der Waals surface area contributed by atoms with Crippen LogP contribution in [0.3, 0.4) is 0 Å². The minimum Gasteiger partial charge on any atom is -0.356 e. The van der Waals surface area contributed by atoms with Gasteiger partial charge in [-0.1, -0.05) is 6.42 Å². The minimum absolute atomic E-state index is 0.750. The Bertz CT molecular complexity index is 581. The second-order valence-corrected chi connectivity index (χ2v) is 8.56. The van der Waals surface area contributed by atoms with Gasteiger partial charge in [0.1, 0.15) is 0 Å².